The summed E-state index contributed by atoms with van der Waals surface area (Å²) >= 11 is 13.4. The summed E-state index contributed by atoms with van der Waals surface area (Å²) in [5, 5.41) is 6.23. The number of hydrogen-bond acceptors (Lipinski definition) is 5. The van der Waals surface area contributed by atoms with Gasteiger partial charge in [-0.2, -0.15) is 0 Å². The molecule has 0 aliphatic carbocycles. The van der Waals surface area contributed by atoms with Crippen LogP contribution in [0, 0.1) is 5.82 Å². The van der Waals surface area contributed by atoms with Gasteiger partial charge >= 0.3 is 0 Å². The molecule has 27 heavy (non-hydrogen) atoms. The van der Waals surface area contributed by atoms with Gasteiger partial charge in [-0.1, -0.05) is 47.1 Å². The molecule has 0 spiro atoms. The van der Waals surface area contributed by atoms with E-state index in [1.807, 2.05) is 6.26 Å². The summed E-state index contributed by atoms with van der Waals surface area (Å²) in [5.74, 6) is -0.111. The lowest BCUT2D eigenvalue weighted by atomic mass is 10.1. The van der Waals surface area contributed by atoms with Crippen LogP contribution in [0.2, 0.25) is 10.0 Å². The van der Waals surface area contributed by atoms with Crippen LogP contribution in [-0.2, 0) is 0 Å². The second-order valence-electron chi connectivity index (χ2n) is 5.63. The molecule has 2 N–H and O–H groups in total. The maximum atomic E-state index is 14.4. The van der Waals surface area contributed by atoms with Gasteiger partial charge in [-0.3, -0.25) is 0 Å². The second-order valence-corrected chi connectivity index (χ2v) is 7.22. The summed E-state index contributed by atoms with van der Waals surface area (Å²) in [4.78, 5) is 8.90. The zero-order valence-corrected chi connectivity index (χ0v) is 16.3. The van der Waals surface area contributed by atoms with Gasteiger partial charge in [0.15, 0.2) is 10.8 Å². The third-order valence-corrected chi connectivity index (χ3v) is 5.29. The average molecular weight is 420 g/mol. The molecule has 0 aliphatic heterocycles. The SMILES string of the molecule is CSc1nc(-c2ccccc2F)c2c(N)n(-c3ccc(Cl)c(Cl)c3)nc2n1. The lowest BCUT2D eigenvalue weighted by Crippen LogP contribution is -2.02. The molecule has 0 saturated heterocycles. The van der Waals surface area contributed by atoms with Crippen molar-refractivity contribution in [2.45, 2.75) is 5.16 Å². The lowest BCUT2D eigenvalue weighted by molar-refractivity contribution is 0.630. The predicted molar refractivity (Wildman–Crippen MR) is 108 cm³/mol. The zero-order chi connectivity index (χ0) is 19.1. The molecule has 2 heterocycles. The largest absolute Gasteiger partial charge is 0.383 e. The number of fused-ring (bicyclic) bond motifs is 1. The van der Waals surface area contributed by atoms with Gasteiger partial charge in [0.05, 0.1) is 26.8 Å². The highest BCUT2D eigenvalue weighted by molar-refractivity contribution is 7.98. The Kier molecular flexibility index (Phi) is 4.67. The normalized spacial score (nSPS) is 11.3. The van der Waals surface area contributed by atoms with Crippen LogP contribution in [0.15, 0.2) is 47.6 Å². The Labute approximate surface area is 168 Å². The van der Waals surface area contributed by atoms with Crippen molar-refractivity contribution in [3.8, 4) is 16.9 Å². The van der Waals surface area contributed by atoms with Crippen molar-refractivity contribution >= 4 is 51.8 Å². The van der Waals surface area contributed by atoms with E-state index in [9.17, 15) is 4.39 Å². The van der Waals surface area contributed by atoms with E-state index in [0.29, 0.717) is 43.2 Å². The highest BCUT2D eigenvalue weighted by atomic mass is 35.5. The van der Waals surface area contributed by atoms with Gasteiger partial charge in [0.1, 0.15) is 11.6 Å². The van der Waals surface area contributed by atoms with Crippen LogP contribution in [0.5, 0.6) is 0 Å². The van der Waals surface area contributed by atoms with Gasteiger partial charge in [0, 0.05) is 5.56 Å². The highest BCUT2D eigenvalue weighted by Gasteiger charge is 2.21. The Bertz CT molecular complexity index is 1180. The molecule has 0 aliphatic rings. The molecule has 4 aromatic rings. The summed E-state index contributed by atoms with van der Waals surface area (Å²) in [6.07, 6.45) is 1.84. The molecular formula is C18H12Cl2FN5S. The number of nitrogen functional groups attached to an aromatic ring is 1. The fraction of sp³-hybridized carbons (Fsp3) is 0.0556. The number of benzene rings is 2. The molecule has 5 nitrogen and oxygen atoms in total. The van der Waals surface area contributed by atoms with Crippen molar-refractivity contribution in [2.75, 3.05) is 12.0 Å². The molecule has 2 aromatic carbocycles. The number of nitrogens with two attached hydrogens (primary N) is 1. The molecule has 0 unspecified atom stereocenters. The number of halogens is 3. The molecular weight excluding hydrogens is 408 g/mol. The van der Waals surface area contributed by atoms with Crippen molar-refractivity contribution in [3.05, 3.63) is 58.3 Å². The van der Waals surface area contributed by atoms with Crippen LogP contribution in [0.1, 0.15) is 0 Å². The van der Waals surface area contributed by atoms with Crippen molar-refractivity contribution in [2.24, 2.45) is 0 Å². The van der Waals surface area contributed by atoms with Gasteiger partial charge in [0.25, 0.3) is 0 Å². The van der Waals surface area contributed by atoms with Crippen LogP contribution in [0.3, 0.4) is 0 Å². The average Bonchev–Trinajstić information content (AvgIpc) is 3.00. The summed E-state index contributed by atoms with van der Waals surface area (Å²) in [7, 11) is 0. The first-order chi connectivity index (χ1) is 13.0. The van der Waals surface area contributed by atoms with Gasteiger partial charge in [-0.25, -0.2) is 19.0 Å². The summed E-state index contributed by atoms with van der Waals surface area (Å²) in [5.41, 5.74) is 8.07. The molecule has 0 saturated carbocycles. The number of thioether (sulfide) groups is 1. The van der Waals surface area contributed by atoms with Gasteiger partial charge in [0.2, 0.25) is 0 Å². The number of rotatable bonds is 3. The fourth-order valence-electron chi connectivity index (χ4n) is 2.74. The molecule has 9 heteroatoms. The Morgan fingerprint density at radius 3 is 2.56 bits per heavy atom. The molecule has 0 bridgehead atoms. The summed E-state index contributed by atoms with van der Waals surface area (Å²) < 4.78 is 15.9. The first-order valence-electron chi connectivity index (χ1n) is 7.80. The van der Waals surface area contributed by atoms with E-state index in [1.54, 1.807) is 36.4 Å². The molecule has 0 amide bonds. The van der Waals surface area contributed by atoms with Crippen LogP contribution in [0.4, 0.5) is 10.2 Å². The molecule has 136 valence electrons. The van der Waals surface area contributed by atoms with E-state index in [0.717, 1.165) is 0 Å². The molecule has 0 atom stereocenters. The summed E-state index contributed by atoms with van der Waals surface area (Å²) in [6, 6.07) is 11.4. The number of anilines is 1. The monoisotopic (exact) mass is 419 g/mol. The van der Waals surface area contributed by atoms with Crippen molar-refractivity contribution < 1.29 is 4.39 Å². The van der Waals surface area contributed by atoms with Crippen LogP contribution < -0.4 is 5.73 Å². The van der Waals surface area contributed by atoms with E-state index < -0.39 is 5.82 Å². The van der Waals surface area contributed by atoms with E-state index in [2.05, 4.69) is 15.1 Å². The first-order valence-corrected chi connectivity index (χ1v) is 9.78. The minimum absolute atomic E-state index is 0.286. The molecule has 2 aromatic heterocycles. The van der Waals surface area contributed by atoms with Gasteiger partial charge in [-0.15, -0.1) is 5.10 Å². The fourth-order valence-corrected chi connectivity index (χ4v) is 3.40. The Morgan fingerprint density at radius 1 is 1.07 bits per heavy atom. The summed E-state index contributed by atoms with van der Waals surface area (Å²) in [6.45, 7) is 0. The standard InChI is InChI=1S/C18H12Cl2FN5S/c1-27-18-23-15(10-4-2-3-5-13(10)21)14-16(22)26(25-17(14)24-18)9-6-7-11(19)12(20)8-9/h2-8H,22H2,1H3. The molecule has 0 radical (unpaired) electrons. The molecule has 0 fully saturated rings. The highest BCUT2D eigenvalue weighted by Crippen LogP contribution is 2.35. The van der Waals surface area contributed by atoms with E-state index >= 15 is 0 Å². The van der Waals surface area contributed by atoms with Crippen LogP contribution in [-0.4, -0.2) is 26.0 Å². The predicted octanol–water partition coefficient (Wildman–Crippen LogP) is 5.23. The third kappa shape index (κ3) is 3.12. The first kappa shape index (κ1) is 18.0. The zero-order valence-electron chi connectivity index (χ0n) is 13.9. The van der Waals surface area contributed by atoms with Crippen LogP contribution in [0.25, 0.3) is 28.0 Å². The topological polar surface area (TPSA) is 69.6 Å². The van der Waals surface area contributed by atoms with Crippen molar-refractivity contribution in [3.63, 3.8) is 0 Å². The van der Waals surface area contributed by atoms with Crippen molar-refractivity contribution in [1.82, 2.24) is 19.7 Å². The third-order valence-electron chi connectivity index (χ3n) is 4.01. The van der Waals surface area contributed by atoms with E-state index in [1.165, 1.54) is 22.5 Å². The minimum atomic E-state index is -0.397. The number of aromatic nitrogens is 4. The number of nitrogens with zero attached hydrogens (tertiary/aromatic N) is 4. The Hall–Kier alpha value is -2.35. The minimum Gasteiger partial charge on any atom is -0.383 e. The van der Waals surface area contributed by atoms with Crippen molar-refractivity contribution in [1.29, 1.82) is 0 Å². The molecule has 4 rings (SSSR count). The smallest absolute Gasteiger partial charge is 0.190 e. The van der Waals surface area contributed by atoms with E-state index in [-0.39, 0.29) is 5.82 Å². The van der Waals surface area contributed by atoms with Gasteiger partial charge in [-0.05, 0) is 36.6 Å². The number of hydrogen-bond donors (Lipinski definition) is 1. The van der Waals surface area contributed by atoms with Crippen LogP contribution >= 0.6 is 35.0 Å². The Morgan fingerprint density at radius 2 is 1.85 bits per heavy atom. The Balaban J connectivity index is 2.03. The lowest BCUT2D eigenvalue weighted by Gasteiger charge is -2.07. The second kappa shape index (κ2) is 6.99. The quantitative estimate of drug-likeness (QED) is 0.363. The van der Waals surface area contributed by atoms with E-state index in [4.69, 9.17) is 28.9 Å². The maximum absolute atomic E-state index is 14.4. The maximum Gasteiger partial charge on any atom is 0.190 e. The van der Waals surface area contributed by atoms with Gasteiger partial charge < -0.3 is 5.73 Å².